The van der Waals surface area contributed by atoms with Crippen molar-refractivity contribution >= 4 is 16.0 Å². The summed E-state index contributed by atoms with van der Waals surface area (Å²) in [6, 6.07) is 0. The number of nitrogens with one attached hydrogen (secondary N) is 1. The summed E-state index contributed by atoms with van der Waals surface area (Å²) in [5.41, 5.74) is -0.901. The van der Waals surface area contributed by atoms with Crippen molar-refractivity contribution in [1.82, 2.24) is 4.72 Å². The molecular weight excluding hydrogens is 278 g/mol. The largest absolute Gasteiger partial charge is 0.481 e. The van der Waals surface area contributed by atoms with Crippen molar-refractivity contribution in [2.45, 2.75) is 69.5 Å². The van der Waals surface area contributed by atoms with Gasteiger partial charge < -0.3 is 5.11 Å². The summed E-state index contributed by atoms with van der Waals surface area (Å²) in [7, 11) is -3.36. The maximum Gasteiger partial charge on any atom is 0.310 e. The Hall–Kier alpha value is -0.620. The fraction of sp³-hybridized carbons (Fsp3) is 0.929. The summed E-state index contributed by atoms with van der Waals surface area (Å²) in [6.45, 7) is 0.0567. The number of carbonyl (C=O) groups is 1. The van der Waals surface area contributed by atoms with Crippen molar-refractivity contribution < 1.29 is 18.3 Å². The quantitative estimate of drug-likeness (QED) is 0.763. The van der Waals surface area contributed by atoms with Gasteiger partial charge in [-0.25, -0.2) is 13.1 Å². The molecule has 0 bridgehead atoms. The number of carboxylic acids is 1. The molecule has 2 aliphatic carbocycles. The molecule has 20 heavy (non-hydrogen) atoms. The van der Waals surface area contributed by atoms with E-state index in [0.717, 1.165) is 38.5 Å². The molecule has 2 aliphatic rings. The zero-order chi connectivity index (χ0) is 14.6. The van der Waals surface area contributed by atoms with Gasteiger partial charge in [0, 0.05) is 6.54 Å². The molecule has 0 amide bonds. The summed E-state index contributed by atoms with van der Waals surface area (Å²) >= 11 is 0. The molecule has 2 saturated carbocycles. The van der Waals surface area contributed by atoms with Crippen molar-refractivity contribution in [2.75, 3.05) is 6.54 Å². The van der Waals surface area contributed by atoms with Crippen LogP contribution in [-0.4, -0.2) is 31.3 Å². The molecular formula is C14H25NO4S. The van der Waals surface area contributed by atoms with Crippen LogP contribution in [0.3, 0.4) is 0 Å². The normalized spacial score (nSPS) is 24.4. The highest BCUT2D eigenvalue weighted by atomic mass is 32.2. The average molecular weight is 303 g/mol. The van der Waals surface area contributed by atoms with Crippen LogP contribution in [0.15, 0.2) is 0 Å². The Morgan fingerprint density at radius 3 is 2.10 bits per heavy atom. The lowest BCUT2D eigenvalue weighted by Gasteiger charge is -2.28. The molecule has 2 rings (SSSR count). The van der Waals surface area contributed by atoms with Crippen molar-refractivity contribution in [2.24, 2.45) is 5.41 Å². The van der Waals surface area contributed by atoms with E-state index < -0.39 is 21.4 Å². The molecule has 116 valence electrons. The van der Waals surface area contributed by atoms with Crippen LogP contribution in [0, 0.1) is 5.41 Å². The second-order valence-electron chi connectivity index (χ2n) is 6.27. The van der Waals surface area contributed by atoms with E-state index in [9.17, 15) is 18.3 Å². The first kappa shape index (κ1) is 15.8. The van der Waals surface area contributed by atoms with Crippen molar-refractivity contribution in [3.05, 3.63) is 0 Å². The highest BCUT2D eigenvalue weighted by molar-refractivity contribution is 7.90. The first-order valence-electron chi connectivity index (χ1n) is 7.68. The molecule has 0 unspecified atom stereocenters. The monoisotopic (exact) mass is 303 g/mol. The van der Waals surface area contributed by atoms with Crippen LogP contribution in [0.2, 0.25) is 0 Å². The van der Waals surface area contributed by atoms with E-state index in [4.69, 9.17) is 0 Å². The number of rotatable bonds is 5. The van der Waals surface area contributed by atoms with Gasteiger partial charge >= 0.3 is 5.97 Å². The van der Waals surface area contributed by atoms with Crippen LogP contribution >= 0.6 is 0 Å². The van der Waals surface area contributed by atoms with Gasteiger partial charge in [-0.3, -0.25) is 4.79 Å². The molecule has 2 N–H and O–H groups in total. The summed E-state index contributed by atoms with van der Waals surface area (Å²) in [6.07, 6.45) is 8.31. The molecule has 0 aromatic carbocycles. The molecule has 0 aromatic rings. The SMILES string of the molecule is O=C(O)C1(CNS(=O)(=O)C2CCCC2)CCCCCC1. The van der Waals surface area contributed by atoms with Gasteiger partial charge in [-0.05, 0) is 25.7 Å². The van der Waals surface area contributed by atoms with Crippen LogP contribution < -0.4 is 4.72 Å². The van der Waals surface area contributed by atoms with Crippen LogP contribution in [0.25, 0.3) is 0 Å². The van der Waals surface area contributed by atoms with Crippen LogP contribution in [-0.2, 0) is 14.8 Å². The topological polar surface area (TPSA) is 83.5 Å². The maximum absolute atomic E-state index is 12.2. The van der Waals surface area contributed by atoms with Gasteiger partial charge in [-0.1, -0.05) is 38.5 Å². The second kappa shape index (κ2) is 6.43. The third-order valence-corrected chi connectivity index (χ3v) is 6.76. The van der Waals surface area contributed by atoms with E-state index in [1.807, 2.05) is 0 Å². The predicted octanol–water partition coefficient (Wildman–Crippen LogP) is 2.27. The number of sulfonamides is 1. The van der Waals surface area contributed by atoms with E-state index in [1.54, 1.807) is 0 Å². The summed E-state index contributed by atoms with van der Waals surface area (Å²) in [5, 5.41) is 9.22. The van der Waals surface area contributed by atoms with Gasteiger partial charge in [0.1, 0.15) is 0 Å². The summed E-state index contributed by atoms with van der Waals surface area (Å²) in [4.78, 5) is 11.6. The number of hydrogen-bond donors (Lipinski definition) is 2. The lowest BCUT2D eigenvalue weighted by atomic mass is 9.80. The minimum absolute atomic E-state index is 0.0567. The van der Waals surface area contributed by atoms with Crippen LogP contribution in [0.4, 0.5) is 0 Å². The average Bonchev–Trinajstić information content (AvgIpc) is 2.83. The Morgan fingerprint density at radius 2 is 1.60 bits per heavy atom. The Bertz CT molecular complexity index is 432. The molecule has 0 aliphatic heterocycles. The van der Waals surface area contributed by atoms with Gasteiger partial charge in [0.2, 0.25) is 10.0 Å². The second-order valence-corrected chi connectivity index (χ2v) is 8.32. The standard InChI is InChI=1S/C14H25NO4S/c16-13(17)14(9-5-1-2-6-10-14)11-15-20(18,19)12-7-3-4-8-12/h12,15H,1-11H2,(H,16,17). The third kappa shape index (κ3) is 3.52. The van der Waals surface area contributed by atoms with E-state index in [0.29, 0.717) is 25.7 Å². The molecule has 0 atom stereocenters. The molecule has 6 heteroatoms. The fourth-order valence-corrected chi connectivity index (χ4v) is 5.09. The van der Waals surface area contributed by atoms with Gasteiger partial charge in [0.15, 0.2) is 0 Å². The lowest BCUT2D eigenvalue weighted by Crippen LogP contribution is -2.45. The minimum Gasteiger partial charge on any atom is -0.481 e. The Morgan fingerprint density at radius 1 is 1.05 bits per heavy atom. The maximum atomic E-state index is 12.2. The highest BCUT2D eigenvalue weighted by Gasteiger charge is 2.40. The van der Waals surface area contributed by atoms with E-state index >= 15 is 0 Å². The zero-order valence-electron chi connectivity index (χ0n) is 11.9. The first-order chi connectivity index (χ1) is 9.46. The van der Waals surface area contributed by atoms with Gasteiger partial charge in [0.25, 0.3) is 0 Å². The van der Waals surface area contributed by atoms with Gasteiger partial charge in [0.05, 0.1) is 10.7 Å². The summed E-state index contributed by atoms with van der Waals surface area (Å²) < 4.78 is 27.1. The van der Waals surface area contributed by atoms with Crippen LogP contribution in [0.1, 0.15) is 64.2 Å². The fourth-order valence-electron chi connectivity index (χ4n) is 3.43. The van der Waals surface area contributed by atoms with E-state index in [2.05, 4.69) is 4.72 Å². The third-order valence-electron chi connectivity index (χ3n) is 4.87. The Balaban J connectivity index is 2.03. The smallest absolute Gasteiger partial charge is 0.310 e. The van der Waals surface area contributed by atoms with E-state index in [1.165, 1.54) is 0 Å². The number of carboxylic acid groups (broad SMARTS) is 1. The minimum atomic E-state index is -3.36. The predicted molar refractivity (Wildman–Crippen MR) is 76.9 cm³/mol. The Kier molecular flexibility index (Phi) is 5.07. The summed E-state index contributed by atoms with van der Waals surface area (Å²) in [5.74, 6) is -0.853. The van der Waals surface area contributed by atoms with Crippen LogP contribution in [0.5, 0.6) is 0 Å². The molecule has 2 fully saturated rings. The number of hydrogen-bond acceptors (Lipinski definition) is 3. The lowest BCUT2D eigenvalue weighted by molar-refractivity contribution is -0.149. The molecule has 0 spiro atoms. The Labute approximate surface area is 121 Å². The molecule has 0 aromatic heterocycles. The van der Waals surface area contributed by atoms with Crippen molar-refractivity contribution in [3.63, 3.8) is 0 Å². The van der Waals surface area contributed by atoms with Gasteiger partial charge in [-0.15, -0.1) is 0 Å². The zero-order valence-corrected chi connectivity index (χ0v) is 12.8. The first-order valence-corrected chi connectivity index (χ1v) is 9.23. The molecule has 0 heterocycles. The molecule has 0 radical (unpaired) electrons. The van der Waals surface area contributed by atoms with Crippen molar-refractivity contribution in [1.29, 1.82) is 0 Å². The van der Waals surface area contributed by atoms with Crippen molar-refractivity contribution in [3.8, 4) is 0 Å². The van der Waals surface area contributed by atoms with Gasteiger partial charge in [-0.2, -0.15) is 0 Å². The molecule has 5 nitrogen and oxygen atoms in total. The highest BCUT2D eigenvalue weighted by Crippen LogP contribution is 2.35. The number of aliphatic carboxylic acids is 1. The molecule has 0 saturated heterocycles. The van der Waals surface area contributed by atoms with E-state index in [-0.39, 0.29) is 11.8 Å².